The second-order valence-corrected chi connectivity index (χ2v) is 10.5. The molecule has 0 N–H and O–H groups in total. The van der Waals surface area contributed by atoms with Crippen molar-refractivity contribution >= 4 is 20.0 Å². The summed E-state index contributed by atoms with van der Waals surface area (Å²) in [5, 5.41) is 0.0443. The Labute approximate surface area is 86.6 Å². The number of hydrogen-bond donors (Lipinski definition) is 0. The first kappa shape index (κ1) is 11.4. The van der Waals surface area contributed by atoms with Gasteiger partial charge in [-0.15, -0.1) is 0 Å². The lowest BCUT2D eigenvalue weighted by Gasteiger charge is -2.42. The maximum Gasteiger partial charge on any atom is 0.221 e. The third-order valence-electron chi connectivity index (χ3n) is 3.45. The highest BCUT2D eigenvalue weighted by atomic mass is 28.3. The molecule has 1 aliphatic heterocycles. The van der Waals surface area contributed by atoms with Crippen LogP contribution in [0.15, 0.2) is 0 Å². The maximum atomic E-state index is 11.6. The van der Waals surface area contributed by atoms with Crippen LogP contribution in [-0.2, 0) is 9.59 Å². The first-order chi connectivity index (χ1) is 6.18. The fourth-order valence-electron chi connectivity index (χ4n) is 1.54. The van der Waals surface area contributed by atoms with Gasteiger partial charge in [-0.2, -0.15) is 0 Å². The third kappa shape index (κ3) is 1.63. The Morgan fingerprint density at radius 1 is 1.07 bits per heavy atom. The second kappa shape index (κ2) is 3.19. The summed E-state index contributed by atoms with van der Waals surface area (Å²) in [4.78, 5) is 23.2. The molecule has 80 valence electrons. The summed E-state index contributed by atoms with van der Waals surface area (Å²) in [5.74, 6) is 0.0585. The molecule has 0 atom stereocenters. The number of carbonyl (C=O) groups excluding carboxylic acids is 2. The lowest BCUT2D eigenvalue weighted by molar-refractivity contribution is -0.133. The van der Waals surface area contributed by atoms with Gasteiger partial charge >= 0.3 is 0 Å². The molecule has 0 spiro atoms. The largest absolute Gasteiger partial charge is 0.311 e. The summed E-state index contributed by atoms with van der Waals surface area (Å²) in [6.45, 7) is 10.5. The van der Waals surface area contributed by atoms with Gasteiger partial charge in [0, 0.05) is 12.8 Å². The molecule has 1 heterocycles. The van der Waals surface area contributed by atoms with Gasteiger partial charge in [0.2, 0.25) is 11.8 Å². The highest BCUT2D eigenvalue weighted by Crippen LogP contribution is 2.40. The van der Waals surface area contributed by atoms with Gasteiger partial charge in [-0.1, -0.05) is 33.9 Å². The molecule has 0 bridgehead atoms. The predicted molar refractivity (Wildman–Crippen MR) is 58.3 cm³/mol. The van der Waals surface area contributed by atoms with Crippen molar-refractivity contribution in [3.05, 3.63) is 0 Å². The Kier molecular flexibility index (Phi) is 2.60. The van der Waals surface area contributed by atoms with Gasteiger partial charge in [-0.25, -0.2) is 0 Å². The van der Waals surface area contributed by atoms with Gasteiger partial charge in [0.1, 0.15) is 0 Å². The monoisotopic (exact) mass is 213 g/mol. The molecule has 14 heavy (non-hydrogen) atoms. The van der Waals surface area contributed by atoms with Crippen molar-refractivity contribution in [3.8, 4) is 0 Å². The van der Waals surface area contributed by atoms with Crippen molar-refractivity contribution in [1.82, 2.24) is 4.57 Å². The molecular weight excluding hydrogens is 194 g/mol. The molecule has 2 amide bonds. The number of nitrogens with zero attached hydrogens (tertiary/aromatic N) is 1. The topological polar surface area (TPSA) is 37.4 Å². The van der Waals surface area contributed by atoms with E-state index in [2.05, 4.69) is 33.9 Å². The minimum absolute atomic E-state index is 0.0293. The summed E-state index contributed by atoms with van der Waals surface area (Å²) < 4.78 is 1.58. The molecule has 0 aromatic rings. The van der Waals surface area contributed by atoms with Crippen LogP contribution in [0.25, 0.3) is 0 Å². The summed E-state index contributed by atoms with van der Waals surface area (Å²) in [5.41, 5.74) is 0. The number of carbonyl (C=O) groups is 2. The average molecular weight is 213 g/mol. The molecule has 0 aromatic carbocycles. The summed E-state index contributed by atoms with van der Waals surface area (Å²) in [6.07, 6.45) is 0.816. The SMILES string of the molecule is CC(C)(C)[Si](C)(C)N1C(=O)CCC1=O. The van der Waals surface area contributed by atoms with Crippen LogP contribution in [0.2, 0.25) is 18.1 Å². The average Bonchev–Trinajstić information content (AvgIpc) is 2.28. The molecule has 1 saturated heterocycles. The standard InChI is InChI=1S/C10H19NO2Si/c1-10(2,3)14(4,5)11-8(12)6-7-9(11)13/h6-7H2,1-5H3. The fraction of sp³-hybridized carbons (Fsp3) is 0.800. The molecular formula is C10H19NO2Si. The molecule has 3 nitrogen and oxygen atoms in total. The molecule has 1 aliphatic rings. The number of imide groups is 1. The number of amides is 2. The zero-order chi connectivity index (χ0) is 11.1. The predicted octanol–water partition coefficient (Wildman–Crippen LogP) is 2.14. The molecule has 1 rings (SSSR count). The molecule has 0 unspecified atom stereocenters. The summed E-state index contributed by atoms with van der Waals surface area (Å²) in [6, 6.07) is 0. The molecule has 4 heteroatoms. The summed E-state index contributed by atoms with van der Waals surface area (Å²) >= 11 is 0. The van der Waals surface area contributed by atoms with E-state index < -0.39 is 8.24 Å². The minimum atomic E-state index is -1.96. The summed E-state index contributed by atoms with van der Waals surface area (Å²) in [7, 11) is -1.96. The smallest absolute Gasteiger partial charge is 0.221 e. The van der Waals surface area contributed by atoms with E-state index in [-0.39, 0.29) is 16.9 Å². The number of rotatable bonds is 1. The third-order valence-corrected chi connectivity index (χ3v) is 8.73. The van der Waals surface area contributed by atoms with E-state index in [0.717, 1.165) is 0 Å². The van der Waals surface area contributed by atoms with E-state index in [0.29, 0.717) is 12.8 Å². The van der Waals surface area contributed by atoms with E-state index in [4.69, 9.17) is 0 Å². The van der Waals surface area contributed by atoms with Crippen LogP contribution in [0.3, 0.4) is 0 Å². The van der Waals surface area contributed by atoms with Crippen LogP contribution in [0.5, 0.6) is 0 Å². The van der Waals surface area contributed by atoms with Crippen LogP contribution in [0.4, 0.5) is 0 Å². The van der Waals surface area contributed by atoms with E-state index in [9.17, 15) is 9.59 Å². The normalized spacial score (nSPS) is 19.4. The minimum Gasteiger partial charge on any atom is -0.311 e. The van der Waals surface area contributed by atoms with Crippen LogP contribution >= 0.6 is 0 Å². The van der Waals surface area contributed by atoms with Crippen LogP contribution in [0, 0.1) is 0 Å². The van der Waals surface area contributed by atoms with Crippen molar-refractivity contribution < 1.29 is 9.59 Å². The zero-order valence-electron chi connectivity index (χ0n) is 9.68. The highest BCUT2D eigenvalue weighted by Gasteiger charge is 2.48. The van der Waals surface area contributed by atoms with Crippen LogP contribution < -0.4 is 0 Å². The molecule has 0 radical (unpaired) electrons. The molecule has 0 aliphatic carbocycles. The number of hydrogen-bond acceptors (Lipinski definition) is 2. The molecule has 0 aromatic heterocycles. The van der Waals surface area contributed by atoms with Gasteiger partial charge < -0.3 is 4.57 Å². The van der Waals surface area contributed by atoms with Crippen molar-refractivity contribution in [2.75, 3.05) is 0 Å². The van der Waals surface area contributed by atoms with E-state index in [1.807, 2.05) is 0 Å². The van der Waals surface area contributed by atoms with Crippen LogP contribution in [0.1, 0.15) is 33.6 Å². The van der Waals surface area contributed by atoms with Gasteiger partial charge in [0.05, 0.1) is 0 Å². The van der Waals surface area contributed by atoms with Gasteiger partial charge in [-0.3, -0.25) is 9.59 Å². The zero-order valence-corrected chi connectivity index (χ0v) is 10.7. The van der Waals surface area contributed by atoms with Gasteiger partial charge in [0.15, 0.2) is 8.24 Å². The Morgan fingerprint density at radius 3 is 1.71 bits per heavy atom. The van der Waals surface area contributed by atoms with E-state index in [1.165, 1.54) is 0 Å². The molecule has 0 saturated carbocycles. The quantitative estimate of drug-likeness (QED) is 0.494. The second-order valence-electron chi connectivity index (χ2n) is 5.43. The van der Waals surface area contributed by atoms with Gasteiger partial charge in [0.25, 0.3) is 0 Å². The van der Waals surface area contributed by atoms with Gasteiger partial charge in [-0.05, 0) is 5.04 Å². The lowest BCUT2D eigenvalue weighted by Crippen LogP contribution is -2.57. The maximum absolute atomic E-state index is 11.6. The van der Waals surface area contributed by atoms with E-state index >= 15 is 0 Å². The van der Waals surface area contributed by atoms with Crippen LogP contribution in [-0.4, -0.2) is 24.6 Å². The molecule has 1 fully saturated rings. The Morgan fingerprint density at radius 2 is 1.43 bits per heavy atom. The Hall–Kier alpha value is -0.643. The van der Waals surface area contributed by atoms with Crippen molar-refractivity contribution in [2.24, 2.45) is 0 Å². The van der Waals surface area contributed by atoms with Crippen molar-refractivity contribution in [2.45, 2.75) is 51.7 Å². The first-order valence-corrected chi connectivity index (χ1v) is 7.98. The van der Waals surface area contributed by atoms with E-state index in [1.54, 1.807) is 4.57 Å². The first-order valence-electron chi connectivity index (χ1n) is 5.04. The Balaban J connectivity index is 3.03. The lowest BCUT2D eigenvalue weighted by atomic mass is 10.2. The Bertz CT molecular complexity index is 262. The highest BCUT2D eigenvalue weighted by molar-refractivity contribution is 6.81. The fourth-order valence-corrected chi connectivity index (χ4v) is 3.68. The van der Waals surface area contributed by atoms with Crippen molar-refractivity contribution in [1.29, 1.82) is 0 Å². The van der Waals surface area contributed by atoms with Crippen molar-refractivity contribution in [3.63, 3.8) is 0 Å².